The van der Waals surface area contributed by atoms with Gasteiger partial charge in [0, 0.05) is 16.6 Å². The molecule has 0 aromatic heterocycles. The average molecular weight is 516 g/mol. The summed E-state index contributed by atoms with van der Waals surface area (Å²) in [5.74, 6) is -0.564. The molecule has 0 aliphatic carbocycles. The van der Waals surface area contributed by atoms with Crippen molar-refractivity contribution in [3.63, 3.8) is 0 Å². The third-order valence-electron chi connectivity index (χ3n) is 4.73. The second kappa shape index (κ2) is 9.05. The van der Waals surface area contributed by atoms with Crippen molar-refractivity contribution in [2.75, 3.05) is 13.2 Å². The Morgan fingerprint density at radius 3 is 2.23 bits per heavy atom. The van der Waals surface area contributed by atoms with Gasteiger partial charge in [-0.05, 0) is 48.9 Å². The van der Waals surface area contributed by atoms with Gasteiger partial charge < -0.3 is 14.8 Å². The topological polar surface area (TPSA) is 30.5 Å². The lowest BCUT2D eigenvalue weighted by molar-refractivity contribution is -0.200. The van der Waals surface area contributed by atoms with Gasteiger partial charge in [-0.15, -0.1) is 0 Å². The first kappa shape index (κ1) is 24.0. The molecular weight excluding hydrogens is 499 g/mol. The van der Waals surface area contributed by atoms with Gasteiger partial charge in [0.15, 0.2) is 6.29 Å². The summed E-state index contributed by atoms with van der Waals surface area (Å²) in [4.78, 5) is 0. The first-order valence-electron chi connectivity index (χ1n) is 9.11. The summed E-state index contributed by atoms with van der Waals surface area (Å²) in [6.45, 7) is 1.83. The fraction of sp³-hybridized carbons (Fsp3) is 0.400. The third kappa shape index (κ3) is 5.76. The molecule has 3 rings (SSSR count). The van der Waals surface area contributed by atoms with Crippen LogP contribution >= 0.6 is 15.9 Å². The van der Waals surface area contributed by atoms with Crippen molar-refractivity contribution in [3.8, 4) is 0 Å². The first-order valence-corrected chi connectivity index (χ1v) is 9.90. The number of hydrogen-bond donors (Lipinski definition) is 1. The van der Waals surface area contributed by atoms with Crippen LogP contribution in [0.3, 0.4) is 0 Å². The maximum absolute atomic E-state index is 14.3. The normalized spacial score (nSPS) is 21.2. The summed E-state index contributed by atoms with van der Waals surface area (Å²) in [5, 5.41) is 3.01. The van der Waals surface area contributed by atoms with E-state index in [9.17, 15) is 30.7 Å². The minimum atomic E-state index is -4.97. The summed E-state index contributed by atoms with van der Waals surface area (Å²) in [7, 11) is 0. The van der Waals surface area contributed by atoms with Crippen LogP contribution in [0.2, 0.25) is 0 Å². The van der Waals surface area contributed by atoms with Crippen molar-refractivity contribution in [1.82, 2.24) is 5.32 Å². The highest BCUT2D eigenvalue weighted by Gasteiger charge is 2.38. The lowest BCUT2D eigenvalue weighted by Gasteiger charge is -2.35. The molecular formula is C20H17BrF7NO2. The van der Waals surface area contributed by atoms with Gasteiger partial charge >= 0.3 is 12.4 Å². The molecule has 0 radical (unpaired) electrons. The van der Waals surface area contributed by atoms with Crippen LogP contribution in [-0.4, -0.2) is 19.4 Å². The maximum atomic E-state index is 14.3. The van der Waals surface area contributed by atoms with E-state index in [4.69, 9.17) is 9.47 Å². The molecule has 0 spiro atoms. The Hall–Kier alpha value is -1.69. The Balaban J connectivity index is 1.92. The van der Waals surface area contributed by atoms with Crippen LogP contribution in [0.4, 0.5) is 30.7 Å². The van der Waals surface area contributed by atoms with Crippen molar-refractivity contribution in [1.29, 1.82) is 0 Å². The van der Waals surface area contributed by atoms with Crippen LogP contribution in [0.1, 0.15) is 41.3 Å². The molecule has 1 fully saturated rings. The third-order valence-corrected chi connectivity index (χ3v) is 5.22. The molecule has 170 valence electrons. The van der Waals surface area contributed by atoms with E-state index in [0.717, 1.165) is 0 Å². The average Bonchev–Trinajstić information content (AvgIpc) is 2.68. The highest BCUT2D eigenvalue weighted by Crippen LogP contribution is 2.39. The van der Waals surface area contributed by atoms with Crippen LogP contribution < -0.4 is 5.32 Å². The van der Waals surface area contributed by atoms with Gasteiger partial charge in [-0.2, -0.15) is 26.3 Å². The number of morpholine rings is 1. The van der Waals surface area contributed by atoms with Crippen LogP contribution in [0.25, 0.3) is 0 Å². The molecule has 2 aromatic rings. The Labute approximate surface area is 181 Å². The van der Waals surface area contributed by atoms with Crippen LogP contribution in [-0.2, 0) is 21.8 Å². The van der Waals surface area contributed by atoms with E-state index in [-0.39, 0.29) is 23.8 Å². The Morgan fingerprint density at radius 2 is 1.65 bits per heavy atom. The Bertz CT molecular complexity index is 900. The fourth-order valence-corrected chi connectivity index (χ4v) is 3.58. The zero-order valence-corrected chi connectivity index (χ0v) is 17.5. The lowest BCUT2D eigenvalue weighted by Crippen LogP contribution is -2.44. The second-order valence-corrected chi connectivity index (χ2v) is 7.87. The zero-order chi connectivity index (χ0) is 23.0. The summed E-state index contributed by atoms with van der Waals surface area (Å²) in [6, 6.07) is 4.64. The van der Waals surface area contributed by atoms with E-state index in [1.807, 2.05) is 0 Å². The van der Waals surface area contributed by atoms with Crippen molar-refractivity contribution < 1.29 is 40.2 Å². The first-order chi connectivity index (χ1) is 14.4. The minimum Gasteiger partial charge on any atom is -0.349 e. The van der Waals surface area contributed by atoms with Crippen molar-refractivity contribution in [3.05, 3.63) is 68.9 Å². The smallest absolute Gasteiger partial charge is 0.349 e. The number of nitrogens with one attached hydrogen (secondary N) is 1. The number of hydrogen-bond acceptors (Lipinski definition) is 3. The number of alkyl halides is 6. The van der Waals surface area contributed by atoms with E-state index in [2.05, 4.69) is 21.2 Å². The van der Waals surface area contributed by atoms with E-state index in [1.165, 1.54) is 25.1 Å². The molecule has 31 heavy (non-hydrogen) atoms. The summed E-state index contributed by atoms with van der Waals surface area (Å²) >= 11 is 3.23. The van der Waals surface area contributed by atoms with Crippen LogP contribution in [0.5, 0.6) is 0 Å². The van der Waals surface area contributed by atoms with Gasteiger partial charge in [0.05, 0.1) is 29.9 Å². The summed E-state index contributed by atoms with van der Waals surface area (Å²) in [6.07, 6.45) is -12.3. The second-order valence-electron chi connectivity index (χ2n) is 6.95. The number of halogens is 8. The molecule has 11 heteroatoms. The molecule has 1 heterocycles. The summed E-state index contributed by atoms with van der Waals surface area (Å²) in [5.41, 5.74) is -3.02. The zero-order valence-electron chi connectivity index (χ0n) is 16.0. The Kier molecular flexibility index (Phi) is 6.99. The molecule has 1 aliphatic rings. The molecule has 0 bridgehead atoms. The molecule has 0 unspecified atom stereocenters. The molecule has 1 saturated heterocycles. The van der Waals surface area contributed by atoms with E-state index in [1.54, 1.807) is 0 Å². The fourth-order valence-electron chi connectivity index (χ4n) is 3.20. The number of rotatable bonds is 4. The van der Waals surface area contributed by atoms with E-state index < -0.39 is 47.7 Å². The molecule has 3 atom stereocenters. The van der Waals surface area contributed by atoms with Gasteiger partial charge in [0.25, 0.3) is 0 Å². The monoisotopic (exact) mass is 515 g/mol. The lowest BCUT2D eigenvalue weighted by atomic mass is 10.0. The molecule has 3 nitrogen and oxygen atoms in total. The maximum Gasteiger partial charge on any atom is 0.416 e. The van der Waals surface area contributed by atoms with Crippen molar-refractivity contribution in [2.45, 2.75) is 37.7 Å². The van der Waals surface area contributed by atoms with Gasteiger partial charge in [-0.1, -0.05) is 15.9 Å². The van der Waals surface area contributed by atoms with Crippen LogP contribution in [0.15, 0.2) is 40.9 Å². The standard InChI is InChI=1S/C20H17BrF7NO2/c1-10(11-6-12(19(23,24)25)8-13(7-11)20(26,27)28)31-18-17(29-4-5-30-18)15-9-14(21)2-3-16(15)22/h2-3,6-10,17-18,29H,4-5H2,1H3/t10-,17+,18-/m1/s1. The molecule has 1 aliphatic heterocycles. The Morgan fingerprint density at radius 1 is 1.03 bits per heavy atom. The van der Waals surface area contributed by atoms with Crippen molar-refractivity contribution in [2.24, 2.45) is 0 Å². The predicted molar refractivity (Wildman–Crippen MR) is 101 cm³/mol. The SMILES string of the molecule is C[C@@H](O[C@H]1OCCN[C@H]1c1cc(Br)ccc1F)c1cc(C(F)(F)F)cc(C(F)(F)F)c1. The quantitative estimate of drug-likeness (QED) is 0.478. The largest absolute Gasteiger partial charge is 0.416 e. The highest BCUT2D eigenvalue weighted by atomic mass is 79.9. The molecule has 0 amide bonds. The molecule has 0 saturated carbocycles. The van der Waals surface area contributed by atoms with Gasteiger partial charge in [0.1, 0.15) is 5.82 Å². The number of ether oxygens (including phenoxy) is 2. The van der Waals surface area contributed by atoms with Gasteiger partial charge in [0.2, 0.25) is 0 Å². The predicted octanol–water partition coefficient (Wildman–Crippen LogP) is 6.39. The molecule has 1 N–H and O–H groups in total. The minimum absolute atomic E-state index is 0.0502. The van der Waals surface area contributed by atoms with Crippen molar-refractivity contribution >= 4 is 15.9 Å². The van der Waals surface area contributed by atoms with Gasteiger partial charge in [-0.3, -0.25) is 0 Å². The van der Waals surface area contributed by atoms with E-state index in [0.29, 0.717) is 23.2 Å². The van der Waals surface area contributed by atoms with Gasteiger partial charge in [-0.25, -0.2) is 4.39 Å². The van der Waals surface area contributed by atoms with E-state index >= 15 is 0 Å². The molecule has 2 aromatic carbocycles. The summed E-state index contributed by atoms with van der Waals surface area (Å²) < 4.78 is 105. The highest BCUT2D eigenvalue weighted by molar-refractivity contribution is 9.10. The number of benzene rings is 2. The van der Waals surface area contributed by atoms with Crippen LogP contribution in [0, 0.1) is 5.82 Å².